The maximum Gasteiger partial charge on any atom is 0.262 e. The summed E-state index contributed by atoms with van der Waals surface area (Å²) < 4.78 is 18.2. The van der Waals surface area contributed by atoms with Gasteiger partial charge in [-0.2, -0.15) is 5.10 Å². The molecule has 8 heteroatoms. The molecule has 0 saturated heterocycles. The molecule has 0 heterocycles. The van der Waals surface area contributed by atoms with Crippen molar-refractivity contribution in [1.82, 2.24) is 10.7 Å². The van der Waals surface area contributed by atoms with Gasteiger partial charge in [-0.1, -0.05) is 25.4 Å². The molecule has 6 nitrogen and oxygen atoms in total. The summed E-state index contributed by atoms with van der Waals surface area (Å²) in [6.07, 6.45) is 1.40. The maximum atomic E-state index is 13.0. The number of nitrogens with one attached hydrogen (secondary N) is 2. The van der Waals surface area contributed by atoms with Crippen LogP contribution in [0.4, 0.5) is 4.39 Å². The molecule has 2 aromatic carbocycles. The predicted octanol–water partition coefficient (Wildman–Crippen LogP) is 3.39. The Morgan fingerprint density at radius 2 is 1.86 bits per heavy atom. The second-order valence-electron chi connectivity index (χ2n) is 6.32. The Balaban J connectivity index is 2.06. The molecule has 2 rings (SSSR count). The molecule has 0 aliphatic rings. The molecule has 0 spiro atoms. The summed E-state index contributed by atoms with van der Waals surface area (Å²) in [5.41, 5.74) is 3.25. The molecule has 1 atom stereocenters. The zero-order valence-corrected chi connectivity index (χ0v) is 16.5. The van der Waals surface area contributed by atoms with E-state index < -0.39 is 23.7 Å². The topological polar surface area (TPSA) is 79.8 Å². The maximum absolute atomic E-state index is 13.0. The van der Waals surface area contributed by atoms with Crippen LogP contribution in [0.2, 0.25) is 5.02 Å². The Labute approximate surface area is 167 Å². The van der Waals surface area contributed by atoms with E-state index in [1.165, 1.54) is 37.6 Å². The van der Waals surface area contributed by atoms with Crippen LogP contribution in [-0.2, 0) is 4.79 Å². The first-order chi connectivity index (χ1) is 13.3. The number of carbonyl (C=O) groups is 2. The quantitative estimate of drug-likeness (QED) is 0.547. The van der Waals surface area contributed by atoms with Gasteiger partial charge >= 0.3 is 0 Å². The van der Waals surface area contributed by atoms with Crippen LogP contribution < -0.4 is 15.5 Å². The number of methoxy groups -OCH3 is 1. The third kappa shape index (κ3) is 5.79. The largest absolute Gasteiger partial charge is 0.496 e. The second-order valence-corrected chi connectivity index (χ2v) is 6.76. The number of ether oxygens (including phenoxy) is 1. The lowest BCUT2D eigenvalue weighted by molar-refractivity contribution is -0.123. The Hall–Kier alpha value is -2.93. The fourth-order valence-corrected chi connectivity index (χ4v) is 2.58. The first-order valence-electron chi connectivity index (χ1n) is 8.54. The standard InChI is InChI=1S/C20H21ClFN3O3/c1-12(2)18(24-19(26)13-4-7-16(22)8-5-13)20(27)25-23-11-14-10-15(21)6-9-17(14)28-3/h4-12,18H,1-3H3,(H,24,26)(H,25,27)/b23-11+. The molecule has 0 saturated carbocycles. The van der Waals surface area contributed by atoms with Crippen molar-refractivity contribution in [2.75, 3.05) is 7.11 Å². The Kier molecular flexibility index (Phi) is 7.52. The molecule has 2 amide bonds. The molecular weight excluding hydrogens is 385 g/mol. The van der Waals surface area contributed by atoms with Gasteiger partial charge in [0.25, 0.3) is 11.8 Å². The van der Waals surface area contributed by atoms with Crippen LogP contribution in [0.25, 0.3) is 0 Å². The molecule has 148 valence electrons. The van der Waals surface area contributed by atoms with Gasteiger partial charge in [-0.15, -0.1) is 0 Å². The minimum Gasteiger partial charge on any atom is -0.496 e. The highest BCUT2D eigenvalue weighted by atomic mass is 35.5. The van der Waals surface area contributed by atoms with Crippen LogP contribution in [0.15, 0.2) is 47.6 Å². The van der Waals surface area contributed by atoms with Gasteiger partial charge in [0.15, 0.2) is 0 Å². The summed E-state index contributed by atoms with van der Waals surface area (Å²) in [6.45, 7) is 3.58. The minimum atomic E-state index is -0.823. The molecule has 2 aromatic rings. The molecular formula is C20H21ClFN3O3. The summed E-state index contributed by atoms with van der Waals surface area (Å²) in [5, 5.41) is 7.06. The SMILES string of the molecule is COc1ccc(Cl)cc1/C=N/NC(=O)C(NC(=O)c1ccc(F)cc1)C(C)C. The third-order valence-electron chi connectivity index (χ3n) is 3.91. The van der Waals surface area contributed by atoms with Crippen molar-refractivity contribution in [3.63, 3.8) is 0 Å². The van der Waals surface area contributed by atoms with Gasteiger partial charge in [0, 0.05) is 16.1 Å². The number of nitrogens with zero attached hydrogens (tertiary/aromatic N) is 1. The van der Waals surface area contributed by atoms with E-state index in [-0.39, 0.29) is 11.5 Å². The lowest BCUT2D eigenvalue weighted by Gasteiger charge is -2.20. The van der Waals surface area contributed by atoms with Crippen molar-refractivity contribution in [2.45, 2.75) is 19.9 Å². The number of hydrogen-bond donors (Lipinski definition) is 2. The first-order valence-corrected chi connectivity index (χ1v) is 8.92. The molecule has 2 N–H and O–H groups in total. The fourth-order valence-electron chi connectivity index (χ4n) is 2.40. The van der Waals surface area contributed by atoms with Crippen LogP contribution in [0.3, 0.4) is 0 Å². The number of benzene rings is 2. The highest BCUT2D eigenvalue weighted by molar-refractivity contribution is 6.30. The van der Waals surface area contributed by atoms with Gasteiger partial charge in [-0.25, -0.2) is 9.82 Å². The molecule has 0 aliphatic heterocycles. The molecule has 28 heavy (non-hydrogen) atoms. The zero-order valence-electron chi connectivity index (χ0n) is 15.7. The fraction of sp³-hybridized carbons (Fsp3) is 0.250. The van der Waals surface area contributed by atoms with E-state index in [4.69, 9.17) is 16.3 Å². The number of halogens is 2. The van der Waals surface area contributed by atoms with Crippen LogP contribution >= 0.6 is 11.6 Å². The summed E-state index contributed by atoms with van der Waals surface area (Å²) in [6, 6.07) is 9.25. The summed E-state index contributed by atoms with van der Waals surface area (Å²) in [4.78, 5) is 24.8. The minimum absolute atomic E-state index is 0.194. The molecule has 1 unspecified atom stereocenters. The number of hydrogen-bond acceptors (Lipinski definition) is 4. The third-order valence-corrected chi connectivity index (χ3v) is 4.15. The molecule has 0 fully saturated rings. The van der Waals surface area contributed by atoms with Crippen molar-refractivity contribution < 1.29 is 18.7 Å². The number of amides is 2. The molecule has 0 aromatic heterocycles. The average Bonchev–Trinajstić information content (AvgIpc) is 2.66. The van der Waals surface area contributed by atoms with Crippen LogP contribution in [-0.4, -0.2) is 31.2 Å². The number of rotatable bonds is 7. The normalized spacial score (nSPS) is 12.1. The zero-order chi connectivity index (χ0) is 20.7. The molecule has 0 aliphatic carbocycles. The highest BCUT2D eigenvalue weighted by Gasteiger charge is 2.24. The Morgan fingerprint density at radius 1 is 1.18 bits per heavy atom. The number of carbonyl (C=O) groups excluding carboxylic acids is 2. The van der Waals surface area contributed by atoms with Crippen molar-refractivity contribution >= 4 is 29.6 Å². The van der Waals surface area contributed by atoms with E-state index in [0.29, 0.717) is 16.3 Å². The van der Waals surface area contributed by atoms with Gasteiger partial charge in [0.1, 0.15) is 17.6 Å². The van der Waals surface area contributed by atoms with Gasteiger partial charge in [0.05, 0.1) is 13.3 Å². The van der Waals surface area contributed by atoms with Gasteiger partial charge in [-0.3, -0.25) is 9.59 Å². The molecule has 0 radical (unpaired) electrons. The summed E-state index contributed by atoms with van der Waals surface area (Å²) in [5.74, 6) is -1.05. The van der Waals surface area contributed by atoms with E-state index >= 15 is 0 Å². The van der Waals surface area contributed by atoms with Crippen LogP contribution in [0.1, 0.15) is 29.8 Å². The van der Waals surface area contributed by atoms with E-state index in [0.717, 1.165) is 0 Å². The van der Waals surface area contributed by atoms with E-state index in [9.17, 15) is 14.0 Å². The Morgan fingerprint density at radius 3 is 2.46 bits per heavy atom. The number of hydrazone groups is 1. The average molecular weight is 406 g/mol. The van der Waals surface area contributed by atoms with Gasteiger partial charge in [0.2, 0.25) is 0 Å². The van der Waals surface area contributed by atoms with E-state index in [1.54, 1.807) is 32.0 Å². The lowest BCUT2D eigenvalue weighted by Crippen LogP contribution is -2.48. The summed E-state index contributed by atoms with van der Waals surface area (Å²) in [7, 11) is 1.51. The lowest BCUT2D eigenvalue weighted by atomic mass is 10.0. The smallest absolute Gasteiger partial charge is 0.262 e. The first kappa shape index (κ1) is 21.4. The highest BCUT2D eigenvalue weighted by Crippen LogP contribution is 2.20. The van der Waals surface area contributed by atoms with Crippen LogP contribution in [0.5, 0.6) is 5.75 Å². The van der Waals surface area contributed by atoms with Crippen LogP contribution in [0, 0.1) is 11.7 Å². The van der Waals surface area contributed by atoms with Crippen molar-refractivity contribution in [3.05, 3.63) is 64.4 Å². The second kappa shape index (κ2) is 9.85. The molecule has 0 bridgehead atoms. The van der Waals surface area contributed by atoms with Gasteiger partial charge < -0.3 is 10.1 Å². The summed E-state index contributed by atoms with van der Waals surface area (Å²) >= 11 is 5.96. The monoisotopic (exact) mass is 405 g/mol. The van der Waals surface area contributed by atoms with Gasteiger partial charge in [-0.05, 0) is 48.4 Å². The van der Waals surface area contributed by atoms with Crippen molar-refractivity contribution in [1.29, 1.82) is 0 Å². The van der Waals surface area contributed by atoms with Crippen molar-refractivity contribution in [2.24, 2.45) is 11.0 Å². The Bertz CT molecular complexity index is 869. The van der Waals surface area contributed by atoms with E-state index in [1.807, 2.05) is 0 Å². The predicted molar refractivity (Wildman–Crippen MR) is 106 cm³/mol. The van der Waals surface area contributed by atoms with E-state index in [2.05, 4.69) is 15.8 Å². The van der Waals surface area contributed by atoms with Crippen molar-refractivity contribution in [3.8, 4) is 5.75 Å².